The Morgan fingerprint density at radius 1 is 1.37 bits per heavy atom. The zero-order valence-corrected chi connectivity index (χ0v) is 12.4. The van der Waals surface area contributed by atoms with Gasteiger partial charge in [-0.15, -0.1) is 0 Å². The van der Waals surface area contributed by atoms with Crippen LogP contribution in [0.2, 0.25) is 0 Å². The third-order valence-corrected chi connectivity index (χ3v) is 4.37. The van der Waals surface area contributed by atoms with E-state index in [-0.39, 0.29) is 10.8 Å². The fourth-order valence-electron chi connectivity index (χ4n) is 2.02. The molecule has 0 aliphatic rings. The molecule has 0 aromatic carbocycles. The third-order valence-electron chi connectivity index (χ3n) is 3.24. The van der Waals surface area contributed by atoms with Crippen molar-refractivity contribution in [3.63, 3.8) is 0 Å². The van der Waals surface area contributed by atoms with Gasteiger partial charge in [0, 0.05) is 19.0 Å². The van der Waals surface area contributed by atoms with Gasteiger partial charge in [0.25, 0.3) is 0 Å². The van der Waals surface area contributed by atoms with Crippen molar-refractivity contribution in [3.05, 3.63) is 18.3 Å². The van der Waals surface area contributed by atoms with Crippen LogP contribution in [0.3, 0.4) is 0 Å². The molecule has 0 fully saturated rings. The summed E-state index contributed by atoms with van der Waals surface area (Å²) in [5.41, 5.74) is 0. The van der Waals surface area contributed by atoms with Crippen molar-refractivity contribution >= 4 is 15.7 Å². The first-order valence-electron chi connectivity index (χ1n) is 6.47. The number of aliphatic hydroxyl groups is 1. The fourth-order valence-corrected chi connectivity index (χ4v) is 2.83. The highest BCUT2D eigenvalue weighted by atomic mass is 32.2. The van der Waals surface area contributed by atoms with Crippen molar-refractivity contribution in [3.8, 4) is 0 Å². The molecule has 2 N–H and O–H groups in total. The first-order chi connectivity index (χ1) is 8.90. The van der Waals surface area contributed by atoms with E-state index in [1.165, 1.54) is 12.3 Å². The topological polar surface area (TPSA) is 79.3 Å². The van der Waals surface area contributed by atoms with Gasteiger partial charge < -0.3 is 10.4 Å². The molecule has 0 saturated heterocycles. The minimum atomic E-state index is -3.32. The molecule has 0 saturated carbocycles. The average molecular weight is 286 g/mol. The lowest BCUT2D eigenvalue weighted by Gasteiger charge is -2.21. The van der Waals surface area contributed by atoms with E-state index in [4.69, 9.17) is 0 Å². The summed E-state index contributed by atoms with van der Waals surface area (Å²) in [7, 11) is -3.32. The van der Waals surface area contributed by atoms with Crippen molar-refractivity contribution in [2.45, 2.75) is 37.7 Å². The van der Waals surface area contributed by atoms with Crippen LogP contribution in [0.15, 0.2) is 23.2 Å². The predicted molar refractivity (Wildman–Crippen MR) is 75.9 cm³/mol. The van der Waals surface area contributed by atoms with E-state index in [0.29, 0.717) is 12.4 Å². The number of anilines is 1. The molecule has 1 atom stereocenters. The van der Waals surface area contributed by atoms with E-state index in [9.17, 15) is 13.5 Å². The van der Waals surface area contributed by atoms with Gasteiger partial charge in [-0.1, -0.05) is 26.7 Å². The SMILES string of the molecule is CCC(CC)C(O)CNc1ncccc1S(C)(=O)=O. The number of sulfone groups is 1. The summed E-state index contributed by atoms with van der Waals surface area (Å²) < 4.78 is 23.2. The van der Waals surface area contributed by atoms with Crippen LogP contribution in [0.4, 0.5) is 5.82 Å². The first kappa shape index (κ1) is 15.9. The van der Waals surface area contributed by atoms with Crippen LogP contribution in [0, 0.1) is 5.92 Å². The van der Waals surface area contributed by atoms with E-state index in [0.717, 1.165) is 19.1 Å². The van der Waals surface area contributed by atoms with Gasteiger partial charge in [0.15, 0.2) is 9.84 Å². The molecule has 1 rings (SSSR count). The van der Waals surface area contributed by atoms with E-state index >= 15 is 0 Å². The summed E-state index contributed by atoms with van der Waals surface area (Å²) in [5, 5.41) is 13.0. The molecule has 0 aliphatic heterocycles. The first-order valence-corrected chi connectivity index (χ1v) is 8.36. The number of nitrogens with one attached hydrogen (secondary N) is 1. The molecule has 0 amide bonds. The number of aliphatic hydroxyl groups excluding tert-OH is 1. The standard InChI is InChI=1S/C13H22N2O3S/c1-4-10(5-2)11(16)9-15-13-12(19(3,17)18)7-6-8-14-13/h6-8,10-11,16H,4-5,9H2,1-3H3,(H,14,15). The van der Waals surface area contributed by atoms with Crippen molar-refractivity contribution in [1.82, 2.24) is 4.98 Å². The van der Waals surface area contributed by atoms with Crippen molar-refractivity contribution in [2.75, 3.05) is 18.1 Å². The maximum atomic E-state index is 11.6. The highest BCUT2D eigenvalue weighted by Crippen LogP contribution is 2.19. The molecular formula is C13H22N2O3S. The maximum absolute atomic E-state index is 11.6. The molecule has 0 bridgehead atoms. The Hall–Kier alpha value is -1.14. The van der Waals surface area contributed by atoms with E-state index in [2.05, 4.69) is 10.3 Å². The minimum absolute atomic E-state index is 0.159. The van der Waals surface area contributed by atoms with Crippen LogP contribution in [-0.4, -0.2) is 37.4 Å². The van der Waals surface area contributed by atoms with Crippen LogP contribution in [0.25, 0.3) is 0 Å². The Morgan fingerprint density at radius 3 is 2.53 bits per heavy atom. The van der Waals surface area contributed by atoms with E-state index in [1.54, 1.807) is 6.07 Å². The van der Waals surface area contributed by atoms with Crippen molar-refractivity contribution < 1.29 is 13.5 Å². The van der Waals surface area contributed by atoms with Crippen LogP contribution in [-0.2, 0) is 9.84 Å². The van der Waals surface area contributed by atoms with E-state index in [1.807, 2.05) is 13.8 Å². The van der Waals surface area contributed by atoms with Gasteiger partial charge >= 0.3 is 0 Å². The molecule has 108 valence electrons. The molecule has 6 heteroatoms. The highest BCUT2D eigenvalue weighted by molar-refractivity contribution is 7.90. The smallest absolute Gasteiger partial charge is 0.179 e. The molecule has 0 radical (unpaired) electrons. The number of pyridine rings is 1. The second-order valence-corrected chi connectivity index (χ2v) is 6.63. The van der Waals surface area contributed by atoms with E-state index < -0.39 is 15.9 Å². The molecule has 0 spiro atoms. The lowest BCUT2D eigenvalue weighted by atomic mass is 9.97. The summed E-state index contributed by atoms with van der Waals surface area (Å²) in [5.74, 6) is 0.507. The maximum Gasteiger partial charge on any atom is 0.179 e. The Balaban J connectivity index is 2.79. The quantitative estimate of drug-likeness (QED) is 0.797. The summed E-state index contributed by atoms with van der Waals surface area (Å²) >= 11 is 0. The zero-order chi connectivity index (χ0) is 14.5. The van der Waals surface area contributed by atoms with Gasteiger partial charge in [0.2, 0.25) is 0 Å². The Bertz CT molecular complexity index is 498. The highest BCUT2D eigenvalue weighted by Gasteiger charge is 2.18. The largest absolute Gasteiger partial charge is 0.391 e. The molecule has 1 unspecified atom stereocenters. The molecule has 1 aromatic rings. The summed E-state index contributed by atoms with van der Waals surface area (Å²) in [4.78, 5) is 4.19. The lowest BCUT2D eigenvalue weighted by molar-refractivity contribution is 0.114. The van der Waals surface area contributed by atoms with Crippen molar-refractivity contribution in [2.24, 2.45) is 5.92 Å². The number of hydrogen-bond acceptors (Lipinski definition) is 5. The third kappa shape index (κ3) is 4.47. The van der Waals surface area contributed by atoms with Gasteiger partial charge in [0.05, 0.1) is 6.10 Å². The van der Waals surface area contributed by atoms with Crippen LogP contribution >= 0.6 is 0 Å². The molecule has 0 aliphatic carbocycles. The predicted octanol–water partition coefficient (Wildman–Crippen LogP) is 1.69. The fraction of sp³-hybridized carbons (Fsp3) is 0.615. The number of nitrogens with zero attached hydrogens (tertiary/aromatic N) is 1. The van der Waals surface area contributed by atoms with Crippen LogP contribution in [0.5, 0.6) is 0 Å². The minimum Gasteiger partial charge on any atom is -0.391 e. The molecule has 19 heavy (non-hydrogen) atoms. The molecule has 5 nitrogen and oxygen atoms in total. The molecular weight excluding hydrogens is 264 g/mol. The normalized spacial score (nSPS) is 13.5. The summed E-state index contributed by atoms with van der Waals surface area (Å²) in [6, 6.07) is 3.09. The van der Waals surface area contributed by atoms with Gasteiger partial charge in [-0.3, -0.25) is 0 Å². The number of aromatic nitrogens is 1. The Labute approximate surface area is 115 Å². The van der Waals surface area contributed by atoms with Crippen LogP contribution in [0.1, 0.15) is 26.7 Å². The Morgan fingerprint density at radius 2 is 2.00 bits per heavy atom. The van der Waals surface area contributed by atoms with Gasteiger partial charge in [-0.25, -0.2) is 13.4 Å². The van der Waals surface area contributed by atoms with Crippen LogP contribution < -0.4 is 5.32 Å². The van der Waals surface area contributed by atoms with Gasteiger partial charge in [-0.05, 0) is 18.1 Å². The second-order valence-electron chi connectivity index (χ2n) is 4.65. The molecule has 1 aromatic heterocycles. The number of hydrogen-bond donors (Lipinski definition) is 2. The summed E-state index contributed by atoms with van der Waals surface area (Å²) in [6.45, 7) is 4.35. The van der Waals surface area contributed by atoms with Gasteiger partial charge in [-0.2, -0.15) is 0 Å². The second kappa shape index (κ2) is 6.86. The Kier molecular flexibility index (Phi) is 5.75. The summed E-state index contributed by atoms with van der Waals surface area (Å²) in [6.07, 6.45) is 3.94. The zero-order valence-electron chi connectivity index (χ0n) is 11.6. The molecule has 1 heterocycles. The average Bonchev–Trinajstić information content (AvgIpc) is 2.37. The van der Waals surface area contributed by atoms with Crippen molar-refractivity contribution in [1.29, 1.82) is 0 Å². The number of rotatable bonds is 7. The van der Waals surface area contributed by atoms with Gasteiger partial charge in [0.1, 0.15) is 10.7 Å². The lowest BCUT2D eigenvalue weighted by Crippen LogP contribution is -2.28. The monoisotopic (exact) mass is 286 g/mol.